The summed E-state index contributed by atoms with van der Waals surface area (Å²) in [7, 11) is 0. The number of carbonyl (C=O) groups is 1. The zero-order valence-corrected chi connectivity index (χ0v) is 15.5. The van der Waals surface area contributed by atoms with Crippen molar-refractivity contribution in [3.8, 4) is 0 Å². The van der Waals surface area contributed by atoms with Crippen LogP contribution in [0.4, 0.5) is 4.39 Å². The van der Waals surface area contributed by atoms with E-state index in [1.807, 2.05) is 12.1 Å². The summed E-state index contributed by atoms with van der Waals surface area (Å²) in [5, 5.41) is 3.68. The van der Waals surface area contributed by atoms with Crippen LogP contribution in [0.3, 0.4) is 0 Å². The molecule has 3 aliphatic rings. The molecule has 2 heterocycles. The van der Waals surface area contributed by atoms with E-state index in [1.54, 1.807) is 0 Å². The van der Waals surface area contributed by atoms with Crippen LogP contribution in [0.25, 0.3) is 0 Å². The fraction of sp³-hybridized carbons (Fsp3) is 0.667. The van der Waals surface area contributed by atoms with E-state index in [0.717, 1.165) is 69.9 Å². The maximum atomic E-state index is 13.1. The van der Waals surface area contributed by atoms with E-state index >= 15 is 0 Å². The highest BCUT2D eigenvalue weighted by Crippen LogP contribution is 2.28. The summed E-state index contributed by atoms with van der Waals surface area (Å²) in [6, 6.07) is 7.23. The lowest BCUT2D eigenvalue weighted by molar-refractivity contribution is -0.137. The van der Waals surface area contributed by atoms with Gasteiger partial charge in [0.25, 0.3) is 0 Å². The van der Waals surface area contributed by atoms with Crippen LogP contribution < -0.4 is 5.32 Å². The topological polar surface area (TPSA) is 35.6 Å². The quantitative estimate of drug-likeness (QED) is 0.848. The first kappa shape index (κ1) is 17.9. The van der Waals surface area contributed by atoms with Gasteiger partial charge in [-0.3, -0.25) is 9.69 Å². The maximum absolute atomic E-state index is 13.1. The lowest BCUT2D eigenvalue weighted by Gasteiger charge is -2.36. The molecule has 1 atom stereocenters. The SMILES string of the molecule is O=C(C1CCCN1Cc1ccc(F)cc1)N1CCC(NCC2CC2)CC1. The first-order chi connectivity index (χ1) is 12.7. The normalized spacial score (nSPS) is 25.0. The number of likely N-dealkylation sites (tertiary alicyclic amines) is 2. The van der Waals surface area contributed by atoms with Gasteiger partial charge in [0, 0.05) is 25.7 Å². The van der Waals surface area contributed by atoms with Crippen molar-refractivity contribution in [2.75, 3.05) is 26.2 Å². The fourth-order valence-corrected chi connectivity index (χ4v) is 4.29. The van der Waals surface area contributed by atoms with Gasteiger partial charge in [0.15, 0.2) is 0 Å². The first-order valence-corrected chi connectivity index (χ1v) is 10.2. The van der Waals surface area contributed by atoms with Crippen LogP contribution in [0.1, 0.15) is 44.1 Å². The van der Waals surface area contributed by atoms with Gasteiger partial charge in [-0.2, -0.15) is 0 Å². The van der Waals surface area contributed by atoms with E-state index < -0.39 is 0 Å². The zero-order valence-electron chi connectivity index (χ0n) is 15.5. The molecule has 1 aliphatic carbocycles. The Morgan fingerprint density at radius 2 is 1.77 bits per heavy atom. The molecule has 2 saturated heterocycles. The summed E-state index contributed by atoms with van der Waals surface area (Å²) in [5.74, 6) is 0.999. The molecule has 0 bridgehead atoms. The Morgan fingerprint density at radius 3 is 2.46 bits per heavy atom. The van der Waals surface area contributed by atoms with Crippen molar-refractivity contribution in [3.05, 3.63) is 35.6 Å². The van der Waals surface area contributed by atoms with Crippen LogP contribution >= 0.6 is 0 Å². The smallest absolute Gasteiger partial charge is 0.239 e. The van der Waals surface area contributed by atoms with Gasteiger partial charge in [0.1, 0.15) is 5.82 Å². The third-order valence-corrected chi connectivity index (χ3v) is 6.15. The molecule has 1 saturated carbocycles. The number of hydrogen-bond donors (Lipinski definition) is 1. The number of nitrogens with zero attached hydrogens (tertiary/aromatic N) is 2. The molecular formula is C21H30FN3O. The highest BCUT2D eigenvalue weighted by Gasteiger charge is 2.35. The molecule has 1 amide bonds. The molecular weight excluding hydrogens is 329 g/mol. The van der Waals surface area contributed by atoms with Gasteiger partial charge in [-0.25, -0.2) is 4.39 Å². The van der Waals surface area contributed by atoms with E-state index in [1.165, 1.54) is 25.0 Å². The Hall–Kier alpha value is -1.46. The van der Waals surface area contributed by atoms with Crippen molar-refractivity contribution < 1.29 is 9.18 Å². The molecule has 4 nitrogen and oxygen atoms in total. The van der Waals surface area contributed by atoms with Gasteiger partial charge in [0.05, 0.1) is 6.04 Å². The van der Waals surface area contributed by atoms with Crippen molar-refractivity contribution in [2.45, 2.75) is 57.2 Å². The second-order valence-corrected chi connectivity index (χ2v) is 8.21. The number of hydrogen-bond acceptors (Lipinski definition) is 3. The number of amides is 1. The Bertz CT molecular complexity index is 608. The largest absolute Gasteiger partial charge is 0.341 e. The summed E-state index contributed by atoms with van der Waals surface area (Å²) in [6.45, 7) is 4.60. The van der Waals surface area contributed by atoms with E-state index in [2.05, 4.69) is 15.1 Å². The molecule has 1 aromatic rings. The van der Waals surface area contributed by atoms with Crippen LogP contribution in [0.15, 0.2) is 24.3 Å². The number of nitrogens with one attached hydrogen (secondary N) is 1. The van der Waals surface area contributed by atoms with Crippen molar-refractivity contribution in [2.24, 2.45) is 5.92 Å². The summed E-state index contributed by atoms with van der Waals surface area (Å²) in [6.07, 6.45) is 6.93. The molecule has 3 fully saturated rings. The summed E-state index contributed by atoms with van der Waals surface area (Å²) in [5.41, 5.74) is 1.08. The lowest BCUT2D eigenvalue weighted by Crippen LogP contribution is -2.51. The average Bonchev–Trinajstić information content (AvgIpc) is 3.39. The predicted octanol–water partition coefficient (Wildman–Crippen LogP) is 2.78. The van der Waals surface area contributed by atoms with E-state index in [-0.39, 0.29) is 11.9 Å². The van der Waals surface area contributed by atoms with Gasteiger partial charge >= 0.3 is 0 Å². The molecule has 0 spiro atoms. The first-order valence-electron chi connectivity index (χ1n) is 10.2. The Balaban J connectivity index is 1.28. The minimum Gasteiger partial charge on any atom is -0.341 e. The van der Waals surface area contributed by atoms with Gasteiger partial charge in [0.2, 0.25) is 5.91 Å². The second-order valence-electron chi connectivity index (χ2n) is 8.21. The predicted molar refractivity (Wildman–Crippen MR) is 100 cm³/mol. The number of benzene rings is 1. The highest BCUT2D eigenvalue weighted by molar-refractivity contribution is 5.82. The number of rotatable bonds is 6. The Kier molecular flexibility index (Phi) is 5.55. The fourth-order valence-electron chi connectivity index (χ4n) is 4.29. The van der Waals surface area contributed by atoms with Crippen LogP contribution in [0.2, 0.25) is 0 Å². The molecule has 5 heteroatoms. The molecule has 0 radical (unpaired) electrons. The molecule has 142 valence electrons. The van der Waals surface area contributed by atoms with Crippen LogP contribution in [0.5, 0.6) is 0 Å². The van der Waals surface area contributed by atoms with Gasteiger partial charge < -0.3 is 10.2 Å². The van der Waals surface area contributed by atoms with Gasteiger partial charge in [-0.1, -0.05) is 12.1 Å². The molecule has 2 aliphatic heterocycles. The third-order valence-electron chi connectivity index (χ3n) is 6.15. The zero-order chi connectivity index (χ0) is 17.9. The van der Waals surface area contributed by atoms with E-state index in [9.17, 15) is 9.18 Å². The number of piperidine rings is 1. The van der Waals surface area contributed by atoms with Crippen molar-refractivity contribution >= 4 is 5.91 Å². The summed E-state index contributed by atoms with van der Waals surface area (Å²) < 4.78 is 13.1. The monoisotopic (exact) mass is 359 g/mol. The minimum atomic E-state index is -0.207. The average molecular weight is 359 g/mol. The third kappa shape index (κ3) is 4.44. The minimum absolute atomic E-state index is 0.00368. The summed E-state index contributed by atoms with van der Waals surface area (Å²) >= 11 is 0. The number of carbonyl (C=O) groups excluding carboxylic acids is 1. The molecule has 4 rings (SSSR count). The van der Waals surface area contributed by atoms with E-state index in [0.29, 0.717) is 11.9 Å². The molecule has 26 heavy (non-hydrogen) atoms. The Morgan fingerprint density at radius 1 is 1.04 bits per heavy atom. The second kappa shape index (κ2) is 8.05. The Labute approximate surface area is 155 Å². The molecule has 1 N–H and O–H groups in total. The molecule has 0 aromatic heterocycles. The van der Waals surface area contributed by atoms with Gasteiger partial charge in [-0.15, -0.1) is 0 Å². The van der Waals surface area contributed by atoms with Crippen LogP contribution in [0, 0.1) is 11.7 Å². The van der Waals surface area contributed by atoms with Crippen LogP contribution in [-0.2, 0) is 11.3 Å². The van der Waals surface area contributed by atoms with Crippen molar-refractivity contribution in [1.82, 2.24) is 15.1 Å². The van der Waals surface area contributed by atoms with Gasteiger partial charge in [-0.05, 0) is 75.2 Å². The summed E-state index contributed by atoms with van der Waals surface area (Å²) in [4.78, 5) is 17.4. The molecule has 1 unspecified atom stereocenters. The van der Waals surface area contributed by atoms with Crippen molar-refractivity contribution in [3.63, 3.8) is 0 Å². The maximum Gasteiger partial charge on any atom is 0.239 e. The van der Waals surface area contributed by atoms with Crippen molar-refractivity contribution in [1.29, 1.82) is 0 Å². The lowest BCUT2D eigenvalue weighted by atomic mass is 10.0. The van der Waals surface area contributed by atoms with Crippen LogP contribution in [-0.4, -0.2) is 54.0 Å². The standard InChI is InChI=1S/C21H30FN3O/c22-18-7-5-17(6-8-18)15-25-11-1-2-20(25)21(26)24-12-9-19(10-13-24)23-14-16-3-4-16/h5-8,16,19-20,23H,1-4,9-15H2. The van der Waals surface area contributed by atoms with E-state index in [4.69, 9.17) is 0 Å². The molecule has 1 aromatic carbocycles. The highest BCUT2D eigenvalue weighted by atomic mass is 19.1. The number of halogens is 1.